The molecule has 0 aromatic heterocycles. The Morgan fingerprint density at radius 2 is 1.55 bits per heavy atom. The van der Waals surface area contributed by atoms with E-state index in [0.717, 1.165) is 28.0 Å². The van der Waals surface area contributed by atoms with Crippen LogP contribution in [0.25, 0.3) is 0 Å². The molecule has 1 fully saturated rings. The second-order valence-electron chi connectivity index (χ2n) is 8.84. The van der Waals surface area contributed by atoms with Crippen molar-refractivity contribution in [1.29, 1.82) is 0 Å². The zero-order valence-corrected chi connectivity index (χ0v) is 21.5. The van der Waals surface area contributed by atoms with E-state index in [9.17, 15) is 9.59 Å². The molecular formula is C31H27N3O3S. The lowest BCUT2D eigenvalue weighted by atomic mass is 10.1. The Morgan fingerprint density at radius 3 is 2.24 bits per heavy atom. The number of ether oxygens (including phenoxy) is 1. The molecule has 5 rings (SSSR count). The van der Waals surface area contributed by atoms with Crippen LogP contribution >= 0.6 is 11.8 Å². The summed E-state index contributed by atoms with van der Waals surface area (Å²) in [5, 5.41) is 4.02. The lowest BCUT2D eigenvalue weighted by Crippen LogP contribution is -2.27. The van der Waals surface area contributed by atoms with Gasteiger partial charge in [-0.05, 0) is 58.7 Å². The molecule has 1 aliphatic heterocycles. The van der Waals surface area contributed by atoms with Crippen molar-refractivity contribution in [2.24, 2.45) is 5.10 Å². The molecule has 1 N–H and O–H groups in total. The number of amides is 2. The number of carbonyl (C=O) groups is 2. The summed E-state index contributed by atoms with van der Waals surface area (Å²) < 4.78 is 5.80. The van der Waals surface area contributed by atoms with E-state index in [1.165, 1.54) is 0 Å². The van der Waals surface area contributed by atoms with Crippen LogP contribution in [0.1, 0.15) is 38.0 Å². The molecule has 1 atom stereocenters. The first-order valence-corrected chi connectivity index (χ1v) is 13.4. The first kappa shape index (κ1) is 25.3. The molecule has 1 aliphatic rings. The van der Waals surface area contributed by atoms with Crippen molar-refractivity contribution in [2.45, 2.75) is 18.5 Å². The summed E-state index contributed by atoms with van der Waals surface area (Å²) in [4.78, 5) is 27.0. The Kier molecular flexibility index (Phi) is 8.16. The maximum absolute atomic E-state index is 12.6. The van der Waals surface area contributed by atoms with E-state index in [1.807, 2.05) is 102 Å². The molecule has 1 heterocycles. The summed E-state index contributed by atoms with van der Waals surface area (Å²) in [7, 11) is 0. The minimum Gasteiger partial charge on any atom is -0.489 e. The average Bonchev–Trinajstić information content (AvgIpc) is 3.33. The summed E-state index contributed by atoms with van der Waals surface area (Å²) in [5.74, 6) is 1.04. The van der Waals surface area contributed by atoms with Crippen LogP contribution in [0, 0.1) is 0 Å². The van der Waals surface area contributed by atoms with E-state index in [4.69, 9.17) is 4.74 Å². The van der Waals surface area contributed by atoms with E-state index >= 15 is 0 Å². The summed E-state index contributed by atoms with van der Waals surface area (Å²) in [5.41, 5.74) is 7.11. The molecule has 4 aromatic rings. The molecular weight excluding hydrogens is 494 g/mol. The Morgan fingerprint density at radius 1 is 0.895 bits per heavy atom. The summed E-state index contributed by atoms with van der Waals surface area (Å²) in [6.45, 7) is 1.07. The third kappa shape index (κ3) is 6.49. The summed E-state index contributed by atoms with van der Waals surface area (Å²) in [6, 6.07) is 34.8. The second-order valence-corrected chi connectivity index (χ2v) is 9.90. The van der Waals surface area contributed by atoms with Gasteiger partial charge in [0.2, 0.25) is 5.91 Å². The van der Waals surface area contributed by atoms with E-state index in [2.05, 4.69) is 10.5 Å². The van der Waals surface area contributed by atoms with Crippen LogP contribution in [0.4, 0.5) is 0 Å². The highest BCUT2D eigenvalue weighted by Gasteiger charge is 2.32. The van der Waals surface area contributed by atoms with Gasteiger partial charge >= 0.3 is 0 Å². The van der Waals surface area contributed by atoms with Gasteiger partial charge in [-0.1, -0.05) is 72.8 Å². The first-order chi connectivity index (χ1) is 18.7. The molecule has 0 aliphatic carbocycles. The monoisotopic (exact) mass is 521 g/mol. The van der Waals surface area contributed by atoms with Gasteiger partial charge in [-0.25, -0.2) is 5.43 Å². The number of carbonyl (C=O) groups excluding carboxylic acids is 2. The van der Waals surface area contributed by atoms with E-state index in [-0.39, 0.29) is 17.2 Å². The molecule has 6 nitrogen and oxygen atoms in total. The second kappa shape index (κ2) is 12.3. The van der Waals surface area contributed by atoms with Crippen LogP contribution < -0.4 is 10.2 Å². The highest BCUT2D eigenvalue weighted by Crippen LogP contribution is 2.39. The Bertz CT molecular complexity index is 1390. The Hall–Kier alpha value is -4.36. The van der Waals surface area contributed by atoms with E-state index in [0.29, 0.717) is 24.5 Å². The van der Waals surface area contributed by atoms with Crippen LogP contribution in [0.3, 0.4) is 0 Å². The zero-order valence-electron chi connectivity index (χ0n) is 20.7. The molecule has 0 unspecified atom stereocenters. The summed E-state index contributed by atoms with van der Waals surface area (Å²) in [6.07, 6.45) is 1.59. The fraction of sp³-hybridized carbons (Fsp3) is 0.129. The van der Waals surface area contributed by atoms with Gasteiger partial charge in [0.15, 0.2) is 0 Å². The molecule has 38 heavy (non-hydrogen) atoms. The minimum absolute atomic E-state index is 0.0718. The quantitative estimate of drug-likeness (QED) is 0.223. The van der Waals surface area contributed by atoms with Crippen LogP contribution in [-0.4, -0.2) is 28.7 Å². The number of nitrogens with one attached hydrogen (secondary N) is 1. The van der Waals surface area contributed by atoms with Gasteiger partial charge in [-0.2, -0.15) is 5.10 Å². The molecule has 0 radical (unpaired) electrons. The topological polar surface area (TPSA) is 71.0 Å². The van der Waals surface area contributed by atoms with Crippen molar-refractivity contribution in [2.75, 3.05) is 5.75 Å². The van der Waals surface area contributed by atoms with Crippen LogP contribution in [0.15, 0.2) is 114 Å². The number of nitrogens with zero attached hydrogens (tertiary/aromatic N) is 2. The van der Waals surface area contributed by atoms with Gasteiger partial charge < -0.3 is 9.64 Å². The zero-order chi connectivity index (χ0) is 26.2. The molecule has 4 aromatic carbocycles. The number of hydrogen-bond acceptors (Lipinski definition) is 5. The number of thioether (sulfide) groups is 1. The minimum atomic E-state index is -0.299. The predicted octanol–water partition coefficient (Wildman–Crippen LogP) is 5.80. The predicted molar refractivity (Wildman–Crippen MR) is 151 cm³/mol. The van der Waals surface area contributed by atoms with Gasteiger partial charge in [0.05, 0.1) is 12.0 Å². The van der Waals surface area contributed by atoms with Crippen molar-refractivity contribution in [1.82, 2.24) is 10.3 Å². The van der Waals surface area contributed by atoms with Crippen molar-refractivity contribution >= 4 is 29.8 Å². The van der Waals surface area contributed by atoms with Crippen molar-refractivity contribution < 1.29 is 14.3 Å². The number of hydrogen-bond donors (Lipinski definition) is 1. The third-order valence-corrected chi connectivity index (χ3v) is 7.39. The van der Waals surface area contributed by atoms with Crippen molar-refractivity contribution in [3.8, 4) is 5.75 Å². The SMILES string of the molecule is O=C(N/N=C\c1ccc(OCc2ccccc2)cc1)c1ccc([C@@H]2SCC(=O)N2Cc2ccccc2)cc1. The molecule has 190 valence electrons. The number of rotatable bonds is 9. The number of benzene rings is 4. The molecule has 1 saturated heterocycles. The average molecular weight is 522 g/mol. The smallest absolute Gasteiger partial charge is 0.271 e. The van der Waals surface area contributed by atoms with E-state index < -0.39 is 0 Å². The molecule has 0 spiro atoms. The standard InChI is InChI=1S/C31H27N3O3S/c35-29-22-38-31(34(29)20-24-7-3-1-4-8-24)27-15-13-26(14-16-27)30(36)33-32-19-23-11-17-28(18-12-23)37-21-25-9-5-2-6-10-25/h1-19,31H,20-22H2,(H,33,36)/b32-19-/t31-/m0/s1. The van der Waals surface area contributed by atoms with Crippen molar-refractivity contribution in [3.05, 3.63) is 137 Å². The van der Waals surface area contributed by atoms with Gasteiger partial charge in [0.25, 0.3) is 5.91 Å². The van der Waals surface area contributed by atoms with Crippen molar-refractivity contribution in [3.63, 3.8) is 0 Å². The molecule has 0 saturated carbocycles. The third-order valence-electron chi connectivity index (χ3n) is 6.13. The largest absolute Gasteiger partial charge is 0.489 e. The molecule has 0 bridgehead atoms. The maximum atomic E-state index is 12.6. The summed E-state index contributed by atoms with van der Waals surface area (Å²) >= 11 is 1.60. The van der Waals surface area contributed by atoms with Crippen LogP contribution in [-0.2, 0) is 17.9 Å². The van der Waals surface area contributed by atoms with Crippen LogP contribution in [0.5, 0.6) is 5.75 Å². The Labute approximate surface area is 226 Å². The maximum Gasteiger partial charge on any atom is 0.271 e. The van der Waals surface area contributed by atoms with Crippen LogP contribution in [0.2, 0.25) is 0 Å². The highest BCUT2D eigenvalue weighted by molar-refractivity contribution is 8.00. The van der Waals surface area contributed by atoms with E-state index in [1.54, 1.807) is 30.1 Å². The van der Waals surface area contributed by atoms with Gasteiger partial charge in [-0.3, -0.25) is 9.59 Å². The number of hydrazone groups is 1. The fourth-order valence-electron chi connectivity index (χ4n) is 4.10. The lowest BCUT2D eigenvalue weighted by Gasteiger charge is -2.24. The fourth-order valence-corrected chi connectivity index (χ4v) is 5.29. The van der Waals surface area contributed by atoms with Gasteiger partial charge in [0.1, 0.15) is 17.7 Å². The van der Waals surface area contributed by atoms with Gasteiger partial charge in [-0.15, -0.1) is 11.8 Å². The molecule has 2 amide bonds. The van der Waals surface area contributed by atoms with Gasteiger partial charge in [0, 0.05) is 12.1 Å². The molecule has 7 heteroatoms. The first-order valence-electron chi connectivity index (χ1n) is 12.3. The normalized spacial score (nSPS) is 15.1. The highest BCUT2D eigenvalue weighted by atomic mass is 32.2. The lowest BCUT2D eigenvalue weighted by molar-refractivity contribution is -0.128. The Balaban J connectivity index is 1.14.